The summed E-state index contributed by atoms with van der Waals surface area (Å²) in [5, 5.41) is 11.8. The summed E-state index contributed by atoms with van der Waals surface area (Å²) in [4.78, 5) is 13.1. The number of rotatable bonds is 3. The number of nitrogens with zero attached hydrogens (tertiary/aromatic N) is 2. The highest BCUT2D eigenvalue weighted by atomic mass is 35.5. The van der Waals surface area contributed by atoms with Gasteiger partial charge in [-0.15, -0.1) is 0 Å². The fourth-order valence-electron chi connectivity index (χ4n) is 3.82. The van der Waals surface area contributed by atoms with Crippen molar-refractivity contribution in [3.8, 4) is 5.69 Å². The van der Waals surface area contributed by atoms with Gasteiger partial charge < -0.3 is 10.6 Å². The van der Waals surface area contributed by atoms with Gasteiger partial charge in [0.15, 0.2) is 0 Å². The average molecular weight is 403 g/mol. The first-order valence-electron chi connectivity index (χ1n) is 9.72. The number of nitrogens with one attached hydrogen (secondary N) is 4. The maximum atomic E-state index is 13.1. The second-order valence-electron chi connectivity index (χ2n) is 8.58. The number of fused-ring (bicyclic) bond motifs is 1. The van der Waals surface area contributed by atoms with Gasteiger partial charge in [0.05, 0.1) is 11.4 Å². The molecule has 7 nitrogen and oxygen atoms in total. The van der Waals surface area contributed by atoms with Crippen molar-refractivity contribution in [3.63, 3.8) is 0 Å². The Morgan fingerprint density at radius 3 is 2.86 bits per heavy atom. The van der Waals surface area contributed by atoms with E-state index in [0.717, 1.165) is 30.9 Å². The highest BCUT2D eigenvalue weighted by Gasteiger charge is 2.41. The minimum absolute atomic E-state index is 0.0627. The van der Waals surface area contributed by atoms with E-state index in [4.69, 9.17) is 16.7 Å². The van der Waals surface area contributed by atoms with Gasteiger partial charge in [-0.3, -0.25) is 10.2 Å². The zero-order valence-corrected chi connectivity index (χ0v) is 17.2. The van der Waals surface area contributed by atoms with Crippen molar-refractivity contribution >= 4 is 23.3 Å². The van der Waals surface area contributed by atoms with Gasteiger partial charge in [0.1, 0.15) is 11.9 Å². The van der Waals surface area contributed by atoms with Crippen LogP contribution in [0.3, 0.4) is 0 Å². The number of anilines is 1. The summed E-state index contributed by atoms with van der Waals surface area (Å²) < 4.78 is 1.75. The predicted molar refractivity (Wildman–Crippen MR) is 111 cm³/mol. The van der Waals surface area contributed by atoms with Gasteiger partial charge in [-0.2, -0.15) is 5.10 Å². The third kappa shape index (κ3) is 3.80. The minimum Gasteiger partial charge on any atom is -0.316 e. The summed E-state index contributed by atoms with van der Waals surface area (Å²) in [6, 6.07) is 9.44. The van der Waals surface area contributed by atoms with Crippen molar-refractivity contribution in [1.29, 1.82) is 0 Å². The Kier molecular flexibility index (Phi) is 5.18. The van der Waals surface area contributed by atoms with Gasteiger partial charge in [-0.25, -0.2) is 10.1 Å². The Morgan fingerprint density at radius 1 is 1.29 bits per heavy atom. The first-order chi connectivity index (χ1) is 13.3. The molecule has 2 saturated heterocycles. The highest BCUT2D eigenvalue weighted by Crippen LogP contribution is 2.28. The van der Waals surface area contributed by atoms with E-state index >= 15 is 0 Å². The monoisotopic (exact) mass is 402 g/mol. The van der Waals surface area contributed by atoms with E-state index in [1.807, 2.05) is 30.3 Å². The van der Waals surface area contributed by atoms with Crippen LogP contribution in [0.15, 0.2) is 30.3 Å². The molecule has 2 aliphatic heterocycles. The standard InChI is InChI=1S/C20H27ClN6O/c1-20(2,3)16-10-17(27(26-16)13-6-4-5-12(21)9-13)23-19(28)18-14-11-22-8-7-15(14)24-25-18/h4-6,9-10,14-15,18,22,24-25H,7-8,11H2,1-3H3,(H,23,28). The molecule has 4 N–H and O–H groups in total. The lowest BCUT2D eigenvalue weighted by molar-refractivity contribution is -0.118. The first kappa shape index (κ1) is 19.4. The molecule has 1 amide bonds. The largest absolute Gasteiger partial charge is 0.316 e. The lowest BCUT2D eigenvalue weighted by atomic mass is 9.89. The molecule has 0 bridgehead atoms. The van der Waals surface area contributed by atoms with E-state index < -0.39 is 0 Å². The predicted octanol–water partition coefficient (Wildman–Crippen LogP) is 2.22. The molecule has 2 aliphatic rings. The highest BCUT2D eigenvalue weighted by molar-refractivity contribution is 6.30. The summed E-state index contributed by atoms with van der Waals surface area (Å²) in [6.45, 7) is 8.10. The Hall–Kier alpha value is -1.93. The maximum Gasteiger partial charge on any atom is 0.244 e. The van der Waals surface area contributed by atoms with E-state index in [2.05, 4.69) is 42.3 Å². The van der Waals surface area contributed by atoms with Crippen LogP contribution >= 0.6 is 11.6 Å². The van der Waals surface area contributed by atoms with Gasteiger partial charge >= 0.3 is 0 Å². The van der Waals surface area contributed by atoms with E-state index in [1.54, 1.807) is 4.68 Å². The zero-order valence-electron chi connectivity index (χ0n) is 16.4. The molecule has 3 unspecified atom stereocenters. The molecule has 0 radical (unpaired) electrons. The Morgan fingerprint density at radius 2 is 2.11 bits per heavy atom. The lowest BCUT2D eigenvalue weighted by Crippen LogP contribution is -2.47. The maximum absolute atomic E-state index is 13.1. The Labute approximate surface area is 170 Å². The smallest absolute Gasteiger partial charge is 0.244 e. The number of halogens is 1. The number of benzene rings is 1. The van der Waals surface area contributed by atoms with Crippen LogP contribution in [0, 0.1) is 5.92 Å². The topological polar surface area (TPSA) is 83.0 Å². The average Bonchev–Trinajstić information content (AvgIpc) is 3.25. The third-order valence-electron chi connectivity index (χ3n) is 5.45. The van der Waals surface area contributed by atoms with Crippen LogP contribution in [-0.4, -0.2) is 40.9 Å². The summed E-state index contributed by atoms with van der Waals surface area (Å²) >= 11 is 6.18. The second-order valence-corrected chi connectivity index (χ2v) is 9.01. The van der Waals surface area contributed by atoms with E-state index in [9.17, 15) is 4.79 Å². The molecule has 2 aromatic rings. The Balaban J connectivity index is 1.63. The van der Waals surface area contributed by atoms with Gasteiger partial charge in [0, 0.05) is 35.0 Å². The molecule has 0 saturated carbocycles. The molecule has 3 heterocycles. The number of aromatic nitrogens is 2. The number of carbonyl (C=O) groups excluding carboxylic acids is 1. The fourth-order valence-corrected chi connectivity index (χ4v) is 4.01. The van der Waals surface area contributed by atoms with Crippen LogP contribution in [0.25, 0.3) is 5.69 Å². The molecule has 3 atom stereocenters. The molecule has 4 rings (SSSR count). The molecular weight excluding hydrogens is 376 g/mol. The van der Waals surface area contributed by atoms with Crippen molar-refractivity contribution in [2.24, 2.45) is 5.92 Å². The SMILES string of the molecule is CC(C)(C)c1cc(NC(=O)C2NNC3CCNCC32)n(-c2cccc(Cl)c2)n1. The minimum atomic E-state index is -0.293. The summed E-state index contributed by atoms with van der Waals surface area (Å²) in [5.74, 6) is 0.803. The van der Waals surface area contributed by atoms with Crippen molar-refractivity contribution < 1.29 is 4.79 Å². The molecular formula is C20H27ClN6O. The summed E-state index contributed by atoms with van der Waals surface area (Å²) in [6.07, 6.45) is 1.01. The molecule has 28 heavy (non-hydrogen) atoms. The van der Waals surface area contributed by atoms with Crippen LogP contribution in [0.2, 0.25) is 5.02 Å². The summed E-state index contributed by atoms with van der Waals surface area (Å²) in [7, 11) is 0. The quantitative estimate of drug-likeness (QED) is 0.632. The van der Waals surface area contributed by atoms with E-state index in [1.165, 1.54) is 0 Å². The second kappa shape index (κ2) is 7.48. The number of hydrogen-bond acceptors (Lipinski definition) is 5. The third-order valence-corrected chi connectivity index (χ3v) is 5.68. The van der Waals surface area contributed by atoms with Crippen LogP contribution < -0.4 is 21.5 Å². The first-order valence-corrected chi connectivity index (χ1v) is 10.1. The number of hydrazine groups is 1. The van der Waals surface area contributed by atoms with Crippen molar-refractivity contribution in [2.75, 3.05) is 18.4 Å². The van der Waals surface area contributed by atoms with Gasteiger partial charge in [0.2, 0.25) is 5.91 Å². The van der Waals surface area contributed by atoms with Crippen LogP contribution in [-0.2, 0) is 10.2 Å². The van der Waals surface area contributed by atoms with Gasteiger partial charge in [-0.1, -0.05) is 38.4 Å². The van der Waals surface area contributed by atoms with Crippen molar-refractivity contribution in [3.05, 3.63) is 41.0 Å². The molecule has 2 fully saturated rings. The molecule has 1 aromatic carbocycles. The number of carbonyl (C=O) groups is 1. The number of hydrogen-bond donors (Lipinski definition) is 4. The van der Waals surface area contributed by atoms with Crippen LogP contribution in [0.4, 0.5) is 5.82 Å². The fraction of sp³-hybridized carbons (Fsp3) is 0.500. The van der Waals surface area contributed by atoms with E-state index in [0.29, 0.717) is 16.9 Å². The Bertz CT molecular complexity index is 874. The number of piperidine rings is 1. The van der Waals surface area contributed by atoms with Crippen molar-refractivity contribution in [2.45, 2.75) is 44.7 Å². The van der Waals surface area contributed by atoms with Crippen LogP contribution in [0.1, 0.15) is 32.9 Å². The summed E-state index contributed by atoms with van der Waals surface area (Å²) in [5.41, 5.74) is 8.01. The van der Waals surface area contributed by atoms with Crippen LogP contribution in [0.5, 0.6) is 0 Å². The molecule has 150 valence electrons. The van der Waals surface area contributed by atoms with Crippen molar-refractivity contribution in [1.82, 2.24) is 25.9 Å². The molecule has 1 aromatic heterocycles. The molecule has 0 spiro atoms. The number of amides is 1. The molecule has 8 heteroatoms. The molecule has 0 aliphatic carbocycles. The van der Waals surface area contributed by atoms with Gasteiger partial charge in [0.25, 0.3) is 0 Å². The normalized spacial score (nSPS) is 24.8. The van der Waals surface area contributed by atoms with E-state index in [-0.39, 0.29) is 23.3 Å². The van der Waals surface area contributed by atoms with Gasteiger partial charge in [-0.05, 0) is 31.2 Å². The zero-order chi connectivity index (χ0) is 19.9. The lowest BCUT2D eigenvalue weighted by Gasteiger charge is -2.27.